The van der Waals surface area contributed by atoms with E-state index in [1.54, 1.807) is 85.1 Å². The highest BCUT2D eigenvalue weighted by Gasteiger charge is 2.37. The summed E-state index contributed by atoms with van der Waals surface area (Å²) in [6.07, 6.45) is 2.00. The molecule has 10 N–H and O–H groups in total. The molecular weight excluding hydrogens is 1800 g/mol. The summed E-state index contributed by atoms with van der Waals surface area (Å²) in [4.78, 5) is 56.6. The summed E-state index contributed by atoms with van der Waals surface area (Å²) < 4.78 is 153. The van der Waals surface area contributed by atoms with E-state index in [0.717, 1.165) is 0 Å². The van der Waals surface area contributed by atoms with Gasteiger partial charge in [-0.05, 0) is 128 Å². The van der Waals surface area contributed by atoms with Crippen LogP contribution in [0.15, 0.2) is 97.1 Å². The van der Waals surface area contributed by atoms with Crippen LogP contribution < -0.4 is 59.2 Å². The molecule has 0 aliphatic heterocycles. The van der Waals surface area contributed by atoms with Crippen LogP contribution in [-0.2, 0) is 110 Å². The van der Waals surface area contributed by atoms with Gasteiger partial charge in [-0.1, -0.05) is 31.0 Å². The zero-order chi connectivity index (χ0) is 98.2. The van der Waals surface area contributed by atoms with Gasteiger partial charge < -0.3 is 175 Å². The predicted molar refractivity (Wildman–Crippen MR) is 500 cm³/mol. The summed E-state index contributed by atoms with van der Waals surface area (Å²) in [5.41, 5.74) is -0.187. The third-order valence-corrected chi connectivity index (χ3v) is 20.2. The summed E-state index contributed by atoms with van der Waals surface area (Å²) >= 11 is 0. The Bertz CT molecular complexity index is 3970. The van der Waals surface area contributed by atoms with Crippen LogP contribution in [0.3, 0.4) is 0 Å². The van der Waals surface area contributed by atoms with Crippen molar-refractivity contribution < 1.29 is 173 Å². The van der Waals surface area contributed by atoms with E-state index in [0.29, 0.717) is 161 Å². The Morgan fingerprint density at radius 3 is 0.788 bits per heavy atom. The molecule has 6 aromatic rings. The minimum Gasteiger partial charge on any atom is -0.504 e. The molecule has 0 spiro atoms. The summed E-state index contributed by atoms with van der Waals surface area (Å²) in [6, 6.07) is 24.3. The summed E-state index contributed by atoms with van der Waals surface area (Å²) in [5.74, 6) is -3.55. The highest BCUT2D eigenvalue weighted by Crippen LogP contribution is 2.43. The number of aromatic hydroxyl groups is 6. The third kappa shape index (κ3) is 47.7. The number of hydrogen-bond acceptors (Lipinski definition) is 36. The number of ether oxygens (including phenoxy) is 26. The second-order valence-electron chi connectivity index (χ2n) is 30.4. The van der Waals surface area contributed by atoms with Crippen molar-refractivity contribution in [3.8, 4) is 80.5 Å². The molecule has 6 aromatic carbocycles. The Morgan fingerprint density at radius 2 is 0.511 bits per heavy atom. The first kappa shape index (κ1) is 115. The van der Waals surface area contributed by atoms with Gasteiger partial charge in [0.25, 0.3) is 17.7 Å². The number of nitrogens with one attached hydrogen (secondary N) is 4. The zero-order valence-electron chi connectivity index (χ0n) is 80.0. The topological polar surface area (TPSA) is 478 Å². The van der Waals surface area contributed by atoms with Crippen molar-refractivity contribution in [3.63, 3.8) is 0 Å². The fraction of sp³-hybridized carbons (Fsp3) is 0.588. The number of phenolic OH excluding ortho intramolecular Hbond substituents is 6. The quantitative estimate of drug-likeness (QED) is 0.0126. The molecule has 0 saturated heterocycles. The first-order chi connectivity index (χ1) is 67.0. The molecule has 0 fully saturated rings. The van der Waals surface area contributed by atoms with Crippen LogP contribution in [0.5, 0.6) is 80.5 Å². The maximum absolute atomic E-state index is 16.0. The number of benzene rings is 6. The standard InChI is InChI=1S/C97H144N4O36/c1-112-27-33-118-39-45-124-51-57-130-84-65-74(66-85(131-58-52-125-46-40-119-34-28-113-2)91(84)134-61-55-128-49-43-122-37-31-116-5)71-136-76-63-73(64-77(69-76)137-72-75-67-86(132-59-53-126-47-41-120-35-29-114-3)92(135-62-56-129-50-44-123-38-32-117-6)87(68-75)133-60-54-127-48-42-121-36-30-115-4)70-101-96(111)97(23-14-26-100-95(110)80-17-13-20-83(104)90(80)107,21-7-9-24-98-93(108)78-15-11-18-81(102)88(78)105)22-8-10-25-99-94(109)79-16-12-19-82(103)89(79)106/h11-13,15-20,63-69,102-107H,7-10,14,21-62,70-72H2,1-6H3,(H,98,108)(H,99,109)(H,100,110)(H,101,111). The molecule has 0 heterocycles. The predicted octanol–water partition coefficient (Wildman–Crippen LogP) is 8.44. The van der Waals surface area contributed by atoms with E-state index in [2.05, 4.69) is 21.3 Å². The monoisotopic (exact) mass is 1940 g/mol. The number of unbranched alkanes of at least 4 members (excludes halogenated alkanes) is 2. The Kier molecular flexibility index (Phi) is 61.4. The molecule has 40 nitrogen and oxygen atoms in total. The fourth-order valence-corrected chi connectivity index (χ4v) is 13.1. The molecular formula is C97H144N4O36. The third-order valence-electron chi connectivity index (χ3n) is 20.2. The lowest BCUT2D eigenvalue weighted by atomic mass is 9.73. The first-order valence-electron chi connectivity index (χ1n) is 46.0. The molecule has 0 bridgehead atoms. The minimum absolute atomic E-state index is 0.00592. The van der Waals surface area contributed by atoms with Gasteiger partial charge in [0.1, 0.15) is 64.4 Å². The Morgan fingerprint density at radius 1 is 0.263 bits per heavy atom. The highest BCUT2D eigenvalue weighted by atomic mass is 16.6. The lowest BCUT2D eigenvalue weighted by Crippen LogP contribution is -2.42. The van der Waals surface area contributed by atoms with Crippen LogP contribution in [0.4, 0.5) is 0 Å². The molecule has 0 unspecified atom stereocenters. The van der Waals surface area contributed by atoms with E-state index in [1.165, 1.54) is 54.6 Å². The molecule has 40 heteroatoms. The van der Waals surface area contributed by atoms with Gasteiger partial charge in [-0.3, -0.25) is 19.2 Å². The number of phenols is 6. The summed E-state index contributed by atoms with van der Waals surface area (Å²) in [5, 5.41) is 74.4. The normalized spacial score (nSPS) is 11.4. The number of hydrogen-bond donors (Lipinski definition) is 10. The van der Waals surface area contributed by atoms with E-state index in [-0.39, 0.29) is 247 Å². The van der Waals surface area contributed by atoms with Gasteiger partial charge in [-0.15, -0.1) is 0 Å². The van der Waals surface area contributed by atoms with Crippen molar-refractivity contribution in [2.45, 2.75) is 71.1 Å². The van der Waals surface area contributed by atoms with Crippen LogP contribution in [-0.4, -0.2) is 354 Å². The highest BCUT2D eigenvalue weighted by molar-refractivity contribution is 5.99. The molecule has 0 aliphatic carbocycles. The van der Waals surface area contributed by atoms with Gasteiger partial charge in [0.05, 0.1) is 215 Å². The smallest absolute Gasteiger partial charge is 0.255 e. The molecule has 768 valence electrons. The van der Waals surface area contributed by atoms with Crippen molar-refractivity contribution in [2.75, 3.05) is 300 Å². The Labute approximate surface area is 802 Å². The van der Waals surface area contributed by atoms with E-state index in [9.17, 15) is 45.0 Å². The number of methoxy groups -OCH3 is 6. The van der Waals surface area contributed by atoms with E-state index < -0.39 is 63.5 Å². The van der Waals surface area contributed by atoms with Gasteiger partial charge in [0.15, 0.2) is 57.5 Å². The Hall–Kier alpha value is -10.3. The lowest BCUT2D eigenvalue weighted by Gasteiger charge is -2.33. The number of amides is 4. The molecule has 6 rings (SSSR count). The molecule has 0 saturated carbocycles. The first-order valence-corrected chi connectivity index (χ1v) is 46.0. The van der Waals surface area contributed by atoms with Crippen molar-refractivity contribution >= 4 is 23.6 Å². The van der Waals surface area contributed by atoms with Crippen LogP contribution in [0.2, 0.25) is 0 Å². The largest absolute Gasteiger partial charge is 0.504 e. The molecule has 0 aliphatic rings. The second-order valence-corrected chi connectivity index (χ2v) is 30.4. The van der Waals surface area contributed by atoms with E-state index >= 15 is 4.79 Å². The van der Waals surface area contributed by atoms with Gasteiger partial charge in [0.2, 0.25) is 17.4 Å². The molecule has 0 atom stereocenters. The summed E-state index contributed by atoms with van der Waals surface area (Å²) in [7, 11) is 9.55. The van der Waals surface area contributed by atoms with Crippen molar-refractivity contribution in [3.05, 3.63) is 130 Å². The van der Waals surface area contributed by atoms with Crippen molar-refractivity contribution in [1.82, 2.24) is 21.3 Å². The molecule has 4 amide bonds. The molecule has 137 heavy (non-hydrogen) atoms. The van der Waals surface area contributed by atoms with Crippen LogP contribution in [0.1, 0.15) is 99.1 Å². The van der Waals surface area contributed by atoms with E-state index in [1.807, 2.05) is 0 Å². The van der Waals surface area contributed by atoms with E-state index in [4.69, 9.17) is 123 Å². The maximum atomic E-state index is 16.0. The Balaban J connectivity index is 1.46. The van der Waals surface area contributed by atoms with Crippen molar-refractivity contribution in [2.24, 2.45) is 5.41 Å². The van der Waals surface area contributed by atoms with Crippen LogP contribution in [0.25, 0.3) is 0 Å². The lowest BCUT2D eigenvalue weighted by molar-refractivity contribution is -0.133. The maximum Gasteiger partial charge on any atom is 0.255 e. The van der Waals surface area contributed by atoms with Crippen molar-refractivity contribution in [1.29, 1.82) is 0 Å². The number of para-hydroxylation sites is 3. The number of carbonyl (C=O) groups excluding carboxylic acids is 4. The van der Waals surface area contributed by atoms with Gasteiger partial charge >= 0.3 is 0 Å². The second kappa shape index (κ2) is 72.9. The minimum atomic E-state index is -1.28. The number of rotatable bonds is 86. The molecule has 0 aromatic heterocycles. The zero-order valence-corrected chi connectivity index (χ0v) is 80.0. The summed E-state index contributed by atoms with van der Waals surface area (Å²) in [6.45, 7) is 9.64. The van der Waals surface area contributed by atoms with Gasteiger partial charge in [0, 0.05) is 80.3 Å². The average Bonchev–Trinajstić information content (AvgIpc) is 0.821. The van der Waals surface area contributed by atoms with Crippen LogP contribution >= 0.6 is 0 Å². The molecule has 0 radical (unpaired) electrons. The van der Waals surface area contributed by atoms with Crippen LogP contribution in [0, 0.1) is 5.41 Å². The number of carbonyl (C=O) groups is 4. The SMILES string of the molecule is COCCOCCOCCOc1cc(COc2cc(CNC(=O)C(CCCCNC(=O)c3cccc(O)c3O)(CCCCNC(=O)c3cccc(O)c3O)CCCNC(=O)c3cccc(O)c3O)cc(OCc3cc(OCCOCCOCCOC)c(OCCOCCOCCOC)c(OCCOCCOCCOC)c3)c2)cc(OCCOCCOCCOC)c1OCCOCCOCCOC. The fourth-order valence-electron chi connectivity index (χ4n) is 13.1. The van der Waals surface area contributed by atoms with Gasteiger partial charge in [-0.25, -0.2) is 0 Å². The average molecular weight is 1940 g/mol. The van der Waals surface area contributed by atoms with Gasteiger partial charge in [-0.2, -0.15) is 0 Å².